The summed E-state index contributed by atoms with van der Waals surface area (Å²) in [6, 6.07) is 18.9. The van der Waals surface area contributed by atoms with Gasteiger partial charge in [0.2, 0.25) is 5.91 Å². The van der Waals surface area contributed by atoms with Crippen LogP contribution in [0.5, 0.6) is 0 Å². The number of non-ortho nitro benzene ring substituents is 1. The van der Waals surface area contributed by atoms with Crippen molar-refractivity contribution in [3.05, 3.63) is 93.5 Å². The normalized spacial score (nSPS) is 11.5. The summed E-state index contributed by atoms with van der Waals surface area (Å²) in [5.41, 5.74) is 3.27. The maximum atomic E-state index is 12.7. The number of nitro groups is 1. The van der Waals surface area contributed by atoms with Crippen LogP contribution in [0.25, 0.3) is 0 Å². The summed E-state index contributed by atoms with van der Waals surface area (Å²) in [6.45, 7) is 5.46. The minimum Gasteiger partial charge on any atom is -0.325 e. The average molecular weight is 450 g/mol. The van der Waals surface area contributed by atoms with E-state index in [0.717, 1.165) is 16.0 Å². The van der Waals surface area contributed by atoms with Gasteiger partial charge in [0.25, 0.3) is 11.6 Å². The molecule has 0 aliphatic rings. The summed E-state index contributed by atoms with van der Waals surface area (Å²) in [6.07, 6.45) is 0. The number of carbonyl (C=O) groups is 2. The molecule has 0 aromatic heterocycles. The number of anilines is 2. The van der Waals surface area contributed by atoms with Crippen LogP contribution in [0.4, 0.5) is 17.1 Å². The molecule has 0 spiro atoms. The highest BCUT2D eigenvalue weighted by molar-refractivity contribution is 8.00. The van der Waals surface area contributed by atoms with Gasteiger partial charge in [-0.05, 0) is 56.7 Å². The Morgan fingerprint density at radius 2 is 1.72 bits per heavy atom. The minimum absolute atomic E-state index is 0.0803. The van der Waals surface area contributed by atoms with Crippen molar-refractivity contribution in [1.82, 2.24) is 0 Å². The van der Waals surface area contributed by atoms with E-state index in [2.05, 4.69) is 10.6 Å². The van der Waals surface area contributed by atoms with Crippen molar-refractivity contribution in [1.29, 1.82) is 0 Å². The van der Waals surface area contributed by atoms with E-state index in [0.29, 0.717) is 16.9 Å². The van der Waals surface area contributed by atoms with Gasteiger partial charge < -0.3 is 10.6 Å². The monoisotopic (exact) mass is 449 g/mol. The maximum Gasteiger partial charge on any atom is 0.271 e. The van der Waals surface area contributed by atoms with E-state index in [1.165, 1.54) is 23.9 Å². The second kappa shape index (κ2) is 10.1. The fourth-order valence-electron chi connectivity index (χ4n) is 2.99. The van der Waals surface area contributed by atoms with Crippen LogP contribution in [-0.4, -0.2) is 22.0 Å². The molecule has 0 saturated heterocycles. The summed E-state index contributed by atoms with van der Waals surface area (Å²) in [7, 11) is 0. The Hall–Kier alpha value is -3.65. The van der Waals surface area contributed by atoms with E-state index in [1.54, 1.807) is 38.1 Å². The number of amides is 2. The molecule has 2 N–H and O–H groups in total. The molecule has 164 valence electrons. The number of benzene rings is 3. The first-order valence-corrected chi connectivity index (χ1v) is 10.8. The van der Waals surface area contributed by atoms with E-state index < -0.39 is 10.2 Å². The lowest BCUT2D eigenvalue weighted by Gasteiger charge is -2.14. The molecule has 1 atom stereocenters. The summed E-state index contributed by atoms with van der Waals surface area (Å²) < 4.78 is 0. The first-order chi connectivity index (χ1) is 15.2. The molecule has 7 nitrogen and oxygen atoms in total. The predicted octanol–water partition coefficient (Wildman–Crippen LogP) is 5.58. The molecule has 0 fully saturated rings. The van der Waals surface area contributed by atoms with Crippen molar-refractivity contribution in [2.24, 2.45) is 0 Å². The average Bonchev–Trinajstić information content (AvgIpc) is 2.75. The third-order valence-electron chi connectivity index (χ3n) is 4.74. The lowest BCUT2D eigenvalue weighted by molar-refractivity contribution is -0.384. The zero-order valence-electron chi connectivity index (χ0n) is 17.9. The number of thioether (sulfide) groups is 1. The smallest absolute Gasteiger partial charge is 0.271 e. The molecule has 3 aromatic carbocycles. The Balaban J connectivity index is 1.66. The number of nitrogens with zero attached hydrogens (tertiary/aromatic N) is 1. The first-order valence-electron chi connectivity index (χ1n) is 9.93. The molecule has 0 bridgehead atoms. The Morgan fingerprint density at radius 3 is 2.44 bits per heavy atom. The molecule has 1 unspecified atom stereocenters. The van der Waals surface area contributed by atoms with Gasteiger partial charge in [-0.3, -0.25) is 19.7 Å². The highest BCUT2D eigenvalue weighted by Crippen LogP contribution is 2.28. The van der Waals surface area contributed by atoms with E-state index in [1.807, 2.05) is 37.3 Å². The molecule has 8 heteroatoms. The van der Waals surface area contributed by atoms with Crippen molar-refractivity contribution < 1.29 is 14.5 Å². The van der Waals surface area contributed by atoms with Crippen molar-refractivity contribution >= 4 is 40.6 Å². The molecule has 0 radical (unpaired) electrons. The largest absolute Gasteiger partial charge is 0.325 e. The van der Waals surface area contributed by atoms with Crippen molar-refractivity contribution in [2.75, 3.05) is 10.6 Å². The standard InChI is InChI=1S/C24H23N3O4S/c1-15-6-4-7-18(12-15)24(29)25-19-8-5-9-21(13-19)32-17(3)23(28)26-22-14-20(27(30)31)11-10-16(22)2/h4-14,17H,1-3H3,(H,25,29)(H,26,28). The van der Waals surface area contributed by atoms with E-state index in [9.17, 15) is 19.7 Å². The van der Waals surface area contributed by atoms with Crippen molar-refractivity contribution in [2.45, 2.75) is 30.9 Å². The molecule has 0 aliphatic heterocycles. The predicted molar refractivity (Wildman–Crippen MR) is 127 cm³/mol. The first kappa shape index (κ1) is 23.0. The summed E-state index contributed by atoms with van der Waals surface area (Å²) >= 11 is 1.33. The molecule has 0 saturated carbocycles. The third kappa shape index (κ3) is 5.95. The second-order valence-electron chi connectivity index (χ2n) is 7.36. The fraction of sp³-hybridized carbons (Fsp3) is 0.167. The maximum absolute atomic E-state index is 12.7. The second-order valence-corrected chi connectivity index (χ2v) is 8.77. The number of rotatable bonds is 7. The Kier molecular flexibility index (Phi) is 7.27. The van der Waals surface area contributed by atoms with Crippen LogP contribution in [0.3, 0.4) is 0 Å². The number of aryl methyl sites for hydroxylation is 2. The molecular weight excluding hydrogens is 426 g/mol. The van der Waals surface area contributed by atoms with Gasteiger partial charge in [0.1, 0.15) is 0 Å². The highest BCUT2D eigenvalue weighted by Gasteiger charge is 2.17. The van der Waals surface area contributed by atoms with Gasteiger partial charge in [0, 0.05) is 28.3 Å². The van der Waals surface area contributed by atoms with Gasteiger partial charge in [-0.15, -0.1) is 11.8 Å². The van der Waals surface area contributed by atoms with Crippen LogP contribution in [0, 0.1) is 24.0 Å². The Morgan fingerprint density at radius 1 is 0.969 bits per heavy atom. The highest BCUT2D eigenvalue weighted by atomic mass is 32.2. The third-order valence-corrected chi connectivity index (χ3v) is 5.84. The van der Waals surface area contributed by atoms with Gasteiger partial charge in [-0.2, -0.15) is 0 Å². The zero-order chi connectivity index (χ0) is 23.3. The molecule has 3 aromatic rings. The van der Waals surface area contributed by atoms with E-state index in [-0.39, 0.29) is 17.5 Å². The van der Waals surface area contributed by atoms with Crippen LogP contribution in [0.2, 0.25) is 0 Å². The molecule has 3 rings (SSSR count). The SMILES string of the molecule is Cc1cccc(C(=O)Nc2cccc(SC(C)C(=O)Nc3cc([N+](=O)[O-])ccc3C)c2)c1. The van der Waals surface area contributed by atoms with E-state index >= 15 is 0 Å². The number of hydrogen-bond donors (Lipinski definition) is 2. The van der Waals surface area contributed by atoms with Crippen molar-refractivity contribution in [3.8, 4) is 0 Å². The Bertz CT molecular complexity index is 1180. The molecule has 32 heavy (non-hydrogen) atoms. The quantitative estimate of drug-likeness (QED) is 0.278. The van der Waals surface area contributed by atoms with Gasteiger partial charge in [-0.25, -0.2) is 0 Å². The van der Waals surface area contributed by atoms with Gasteiger partial charge in [0.05, 0.1) is 15.9 Å². The summed E-state index contributed by atoms with van der Waals surface area (Å²) in [5, 5.41) is 16.2. The lowest BCUT2D eigenvalue weighted by atomic mass is 10.1. The number of hydrogen-bond acceptors (Lipinski definition) is 5. The number of nitro benzene ring substituents is 1. The van der Waals surface area contributed by atoms with Crippen molar-refractivity contribution in [3.63, 3.8) is 0 Å². The minimum atomic E-state index is -0.496. The summed E-state index contributed by atoms with van der Waals surface area (Å²) in [5.74, 6) is -0.476. The lowest BCUT2D eigenvalue weighted by Crippen LogP contribution is -2.22. The van der Waals surface area contributed by atoms with Gasteiger partial charge >= 0.3 is 0 Å². The summed E-state index contributed by atoms with van der Waals surface area (Å²) in [4.78, 5) is 36.5. The molecule has 2 amide bonds. The number of nitrogens with one attached hydrogen (secondary N) is 2. The molecule has 0 aliphatic carbocycles. The van der Waals surface area contributed by atoms with E-state index in [4.69, 9.17) is 0 Å². The van der Waals surface area contributed by atoms with Gasteiger partial charge in [-0.1, -0.05) is 29.8 Å². The van der Waals surface area contributed by atoms with Crippen LogP contribution in [0.15, 0.2) is 71.6 Å². The Labute approximate surface area is 190 Å². The fourth-order valence-corrected chi connectivity index (χ4v) is 3.91. The van der Waals surface area contributed by atoms with Crippen LogP contribution >= 0.6 is 11.8 Å². The van der Waals surface area contributed by atoms with Gasteiger partial charge in [0.15, 0.2) is 0 Å². The zero-order valence-corrected chi connectivity index (χ0v) is 18.7. The topological polar surface area (TPSA) is 101 Å². The van der Waals surface area contributed by atoms with Crippen LogP contribution in [-0.2, 0) is 4.79 Å². The van der Waals surface area contributed by atoms with Crippen LogP contribution in [0.1, 0.15) is 28.4 Å². The molecule has 0 heterocycles. The molecular formula is C24H23N3O4S. The van der Waals surface area contributed by atoms with Crippen LogP contribution < -0.4 is 10.6 Å². The number of carbonyl (C=O) groups excluding carboxylic acids is 2.